The van der Waals surface area contributed by atoms with Crippen molar-refractivity contribution in [1.29, 1.82) is 0 Å². The Balaban J connectivity index is 3.19. The average molecular weight is 317 g/mol. The Labute approximate surface area is 144 Å². The standard InChI is InChI=1S/C22H36O/c1-7-10-11-13-18(12-8-2)20-17-19(22(4,5)6)14-15-21(20)23-16-9-3/h10-11,14-15,17-18H,7-9,12-13,16H2,1-6H3/b11-10-. The van der Waals surface area contributed by atoms with Crippen LogP contribution in [0.5, 0.6) is 5.75 Å². The highest BCUT2D eigenvalue weighted by Crippen LogP contribution is 2.36. The van der Waals surface area contributed by atoms with Gasteiger partial charge in [0.2, 0.25) is 0 Å². The van der Waals surface area contributed by atoms with Crippen molar-refractivity contribution < 1.29 is 4.74 Å². The summed E-state index contributed by atoms with van der Waals surface area (Å²) in [5.74, 6) is 1.64. The van der Waals surface area contributed by atoms with Crippen LogP contribution in [-0.4, -0.2) is 6.61 Å². The summed E-state index contributed by atoms with van der Waals surface area (Å²) in [6.45, 7) is 14.3. The molecule has 1 heteroatoms. The Bertz CT molecular complexity index is 479. The number of benzene rings is 1. The van der Waals surface area contributed by atoms with E-state index >= 15 is 0 Å². The van der Waals surface area contributed by atoms with Gasteiger partial charge in [0.15, 0.2) is 0 Å². The van der Waals surface area contributed by atoms with Gasteiger partial charge in [-0.3, -0.25) is 0 Å². The molecule has 1 nitrogen and oxygen atoms in total. The molecule has 0 fully saturated rings. The largest absolute Gasteiger partial charge is 0.493 e. The molecule has 1 aromatic rings. The fourth-order valence-electron chi connectivity index (χ4n) is 2.85. The maximum absolute atomic E-state index is 6.06. The molecule has 0 aliphatic carbocycles. The van der Waals surface area contributed by atoms with E-state index < -0.39 is 0 Å². The maximum Gasteiger partial charge on any atom is 0.122 e. The summed E-state index contributed by atoms with van der Waals surface area (Å²) in [4.78, 5) is 0. The average Bonchev–Trinajstić information content (AvgIpc) is 2.51. The van der Waals surface area contributed by atoms with Gasteiger partial charge in [0.25, 0.3) is 0 Å². The van der Waals surface area contributed by atoms with Gasteiger partial charge in [-0.05, 0) is 54.2 Å². The lowest BCUT2D eigenvalue weighted by atomic mass is 9.82. The first-order valence-electron chi connectivity index (χ1n) is 9.36. The van der Waals surface area contributed by atoms with Gasteiger partial charge in [-0.1, -0.05) is 72.2 Å². The van der Waals surface area contributed by atoms with Crippen LogP contribution in [0.3, 0.4) is 0 Å². The van der Waals surface area contributed by atoms with Crippen molar-refractivity contribution in [1.82, 2.24) is 0 Å². The van der Waals surface area contributed by atoms with Gasteiger partial charge in [-0.25, -0.2) is 0 Å². The second kappa shape index (κ2) is 9.80. The van der Waals surface area contributed by atoms with E-state index in [9.17, 15) is 0 Å². The van der Waals surface area contributed by atoms with E-state index in [0.717, 1.165) is 31.6 Å². The zero-order chi connectivity index (χ0) is 17.3. The molecule has 1 atom stereocenters. The smallest absolute Gasteiger partial charge is 0.122 e. The van der Waals surface area contributed by atoms with Gasteiger partial charge in [-0.15, -0.1) is 0 Å². The molecule has 23 heavy (non-hydrogen) atoms. The lowest BCUT2D eigenvalue weighted by molar-refractivity contribution is 0.311. The Morgan fingerprint density at radius 2 is 1.78 bits per heavy atom. The van der Waals surface area contributed by atoms with E-state index in [1.54, 1.807) is 0 Å². The molecule has 1 unspecified atom stereocenters. The normalized spacial score (nSPS) is 13.5. The summed E-state index contributed by atoms with van der Waals surface area (Å²) in [6.07, 6.45) is 10.3. The lowest BCUT2D eigenvalue weighted by Crippen LogP contribution is -2.13. The molecular formula is C22H36O. The predicted octanol–water partition coefficient (Wildman–Crippen LogP) is 7.01. The summed E-state index contributed by atoms with van der Waals surface area (Å²) in [6, 6.07) is 6.82. The highest BCUT2D eigenvalue weighted by atomic mass is 16.5. The molecule has 0 aromatic heterocycles. The third-order valence-electron chi connectivity index (χ3n) is 4.24. The Morgan fingerprint density at radius 3 is 2.35 bits per heavy atom. The molecular weight excluding hydrogens is 280 g/mol. The van der Waals surface area contributed by atoms with Gasteiger partial charge >= 0.3 is 0 Å². The minimum atomic E-state index is 0.175. The molecule has 0 N–H and O–H groups in total. The quantitative estimate of drug-likeness (QED) is 0.445. The van der Waals surface area contributed by atoms with Crippen molar-refractivity contribution in [3.63, 3.8) is 0 Å². The van der Waals surface area contributed by atoms with Crippen LogP contribution in [-0.2, 0) is 5.41 Å². The molecule has 0 saturated carbocycles. The zero-order valence-electron chi connectivity index (χ0n) is 16.1. The first kappa shape index (κ1) is 19.8. The lowest BCUT2D eigenvalue weighted by Gasteiger charge is -2.25. The number of hydrogen-bond donors (Lipinski definition) is 0. The highest BCUT2D eigenvalue weighted by Gasteiger charge is 2.20. The van der Waals surface area contributed by atoms with Crippen LogP contribution in [0.15, 0.2) is 30.4 Å². The molecule has 1 rings (SSSR count). The van der Waals surface area contributed by atoms with Crippen molar-refractivity contribution in [2.45, 2.75) is 85.0 Å². The number of allylic oxidation sites excluding steroid dienone is 2. The topological polar surface area (TPSA) is 9.23 Å². The molecule has 130 valence electrons. The van der Waals surface area contributed by atoms with Crippen molar-refractivity contribution >= 4 is 0 Å². The summed E-state index contributed by atoms with van der Waals surface area (Å²) in [5, 5.41) is 0. The monoisotopic (exact) mass is 316 g/mol. The van der Waals surface area contributed by atoms with E-state index in [0.29, 0.717) is 5.92 Å². The molecule has 0 heterocycles. The van der Waals surface area contributed by atoms with Gasteiger partial charge < -0.3 is 4.74 Å². The SMILES string of the molecule is CC/C=C\CC(CCC)c1cc(C(C)(C)C)ccc1OCCC. The Kier molecular flexibility index (Phi) is 8.44. The van der Waals surface area contributed by atoms with Crippen LogP contribution in [0.25, 0.3) is 0 Å². The predicted molar refractivity (Wildman–Crippen MR) is 103 cm³/mol. The van der Waals surface area contributed by atoms with Crippen molar-refractivity contribution in [2.24, 2.45) is 0 Å². The summed E-state index contributed by atoms with van der Waals surface area (Å²) in [5.41, 5.74) is 2.97. The first-order chi connectivity index (χ1) is 10.9. The Morgan fingerprint density at radius 1 is 1.04 bits per heavy atom. The number of rotatable bonds is 9. The molecule has 0 bridgehead atoms. The van der Waals surface area contributed by atoms with Gasteiger partial charge in [-0.2, -0.15) is 0 Å². The molecule has 0 radical (unpaired) electrons. The fraction of sp³-hybridized carbons (Fsp3) is 0.636. The minimum absolute atomic E-state index is 0.175. The molecule has 1 aromatic carbocycles. The van der Waals surface area contributed by atoms with E-state index in [-0.39, 0.29) is 5.41 Å². The van der Waals surface area contributed by atoms with Crippen LogP contribution < -0.4 is 4.74 Å². The van der Waals surface area contributed by atoms with E-state index in [1.807, 2.05) is 0 Å². The molecule has 0 amide bonds. The highest BCUT2D eigenvalue weighted by molar-refractivity contribution is 5.42. The fourth-order valence-corrected chi connectivity index (χ4v) is 2.85. The van der Waals surface area contributed by atoms with Crippen LogP contribution in [0, 0.1) is 0 Å². The summed E-state index contributed by atoms with van der Waals surface area (Å²) < 4.78 is 6.06. The van der Waals surface area contributed by atoms with Crippen LogP contribution in [0.1, 0.15) is 90.7 Å². The van der Waals surface area contributed by atoms with E-state index in [2.05, 4.69) is 71.9 Å². The van der Waals surface area contributed by atoms with Crippen LogP contribution >= 0.6 is 0 Å². The molecule has 0 spiro atoms. The van der Waals surface area contributed by atoms with Crippen molar-refractivity contribution in [3.05, 3.63) is 41.5 Å². The molecule has 0 saturated heterocycles. The van der Waals surface area contributed by atoms with E-state index in [1.165, 1.54) is 24.0 Å². The van der Waals surface area contributed by atoms with Crippen molar-refractivity contribution in [3.8, 4) is 5.75 Å². The number of ether oxygens (including phenoxy) is 1. The van der Waals surface area contributed by atoms with E-state index in [4.69, 9.17) is 4.74 Å². The zero-order valence-corrected chi connectivity index (χ0v) is 16.1. The maximum atomic E-state index is 6.06. The minimum Gasteiger partial charge on any atom is -0.493 e. The summed E-state index contributed by atoms with van der Waals surface area (Å²) in [7, 11) is 0. The second-order valence-corrected chi connectivity index (χ2v) is 7.45. The third-order valence-corrected chi connectivity index (χ3v) is 4.24. The first-order valence-corrected chi connectivity index (χ1v) is 9.36. The second-order valence-electron chi connectivity index (χ2n) is 7.45. The van der Waals surface area contributed by atoms with Gasteiger partial charge in [0.05, 0.1) is 6.61 Å². The third kappa shape index (κ3) is 6.41. The van der Waals surface area contributed by atoms with Crippen molar-refractivity contribution in [2.75, 3.05) is 6.61 Å². The van der Waals surface area contributed by atoms with Crippen LogP contribution in [0.4, 0.5) is 0 Å². The molecule has 0 aliphatic heterocycles. The van der Waals surface area contributed by atoms with Gasteiger partial charge in [0.1, 0.15) is 5.75 Å². The summed E-state index contributed by atoms with van der Waals surface area (Å²) >= 11 is 0. The molecule has 0 aliphatic rings. The van der Waals surface area contributed by atoms with Gasteiger partial charge in [0, 0.05) is 0 Å². The Hall–Kier alpha value is -1.24. The van der Waals surface area contributed by atoms with Crippen LogP contribution in [0.2, 0.25) is 0 Å². The number of hydrogen-bond acceptors (Lipinski definition) is 1.